The lowest BCUT2D eigenvalue weighted by Gasteiger charge is -2.09. The van der Waals surface area contributed by atoms with E-state index in [1.54, 1.807) is 24.3 Å². The second-order valence-electron chi connectivity index (χ2n) is 10.2. The van der Waals surface area contributed by atoms with E-state index in [1.165, 1.54) is 55.5 Å². The topological polar surface area (TPSA) is 158 Å². The fourth-order valence-electron chi connectivity index (χ4n) is 3.86. The van der Waals surface area contributed by atoms with Gasteiger partial charge in [0.15, 0.2) is 0 Å². The molecule has 0 heterocycles. The molecule has 0 spiro atoms. The Morgan fingerprint density at radius 1 is 0.542 bits per heavy atom. The summed E-state index contributed by atoms with van der Waals surface area (Å²) in [5.74, 6) is -2.11. The molecular weight excluding hydrogens is 624 g/mol. The second-order valence-corrected chi connectivity index (χ2v) is 10.2. The molecule has 12 nitrogen and oxygen atoms in total. The Hall–Kier alpha value is -5.78. The molecular formula is C36H36O12. The molecule has 0 saturated heterocycles. The number of unbranched alkanes of at least 4 members (excludes halogenated alkanes) is 2. The van der Waals surface area contributed by atoms with Gasteiger partial charge in [-0.05, 0) is 105 Å². The molecule has 0 fully saturated rings. The van der Waals surface area contributed by atoms with Crippen LogP contribution in [0, 0.1) is 0 Å². The van der Waals surface area contributed by atoms with Crippen LogP contribution in [0.25, 0.3) is 0 Å². The van der Waals surface area contributed by atoms with E-state index in [1.807, 2.05) is 0 Å². The highest BCUT2D eigenvalue weighted by Crippen LogP contribution is 2.19. The SMILES string of the molecule is C=CC(=O)OCCCCOc1ccc(C(=O)Oc2ccc(C(=O)Oc3ccc(C(=O)OCCCCOC(=O)CC(C)=O)cc3)cc2)cc1. The molecule has 12 heteroatoms. The number of Topliss-reactive ketones (excluding diaryl/α,β-unsaturated/α-hetero) is 1. The van der Waals surface area contributed by atoms with Crippen molar-refractivity contribution in [2.24, 2.45) is 0 Å². The fraction of sp³-hybridized carbons (Fsp3) is 0.278. The van der Waals surface area contributed by atoms with Gasteiger partial charge in [-0.2, -0.15) is 0 Å². The van der Waals surface area contributed by atoms with Gasteiger partial charge in [-0.25, -0.2) is 19.2 Å². The lowest BCUT2D eigenvalue weighted by atomic mass is 10.2. The number of carbonyl (C=O) groups excluding carboxylic acids is 6. The van der Waals surface area contributed by atoms with Crippen molar-refractivity contribution < 1.29 is 57.2 Å². The minimum Gasteiger partial charge on any atom is -0.494 e. The molecule has 0 aliphatic heterocycles. The van der Waals surface area contributed by atoms with Crippen molar-refractivity contribution in [2.45, 2.75) is 39.0 Å². The van der Waals surface area contributed by atoms with Crippen LogP contribution in [0.2, 0.25) is 0 Å². The van der Waals surface area contributed by atoms with Crippen LogP contribution in [0.5, 0.6) is 17.2 Å². The summed E-state index contributed by atoms with van der Waals surface area (Å²) in [5.41, 5.74) is 0.779. The lowest BCUT2D eigenvalue weighted by molar-refractivity contribution is -0.146. The fourth-order valence-corrected chi connectivity index (χ4v) is 3.86. The summed E-state index contributed by atoms with van der Waals surface area (Å²) < 4.78 is 31.4. The van der Waals surface area contributed by atoms with E-state index in [4.69, 9.17) is 28.4 Å². The van der Waals surface area contributed by atoms with Gasteiger partial charge in [0.2, 0.25) is 0 Å². The number of esters is 5. The number of ether oxygens (including phenoxy) is 6. The molecule has 0 N–H and O–H groups in total. The van der Waals surface area contributed by atoms with Crippen molar-refractivity contribution in [3.05, 3.63) is 102 Å². The van der Waals surface area contributed by atoms with E-state index in [2.05, 4.69) is 6.58 Å². The van der Waals surface area contributed by atoms with Crippen molar-refractivity contribution in [3.63, 3.8) is 0 Å². The molecule has 0 aliphatic carbocycles. The first-order valence-electron chi connectivity index (χ1n) is 15.1. The van der Waals surface area contributed by atoms with Gasteiger partial charge in [-0.3, -0.25) is 9.59 Å². The first kappa shape index (κ1) is 36.7. The van der Waals surface area contributed by atoms with Crippen LogP contribution >= 0.6 is 0 Å². The smallest absolute Gasteiger partial charge is 0.343 e. The highest BCUT2D eigenvalue weighted by Gasteiger charge is 2.14. The number of carbonyl (C=O) groups is 6. The molecule has 252 valence electrons. The zero-order valence-corrected chi connectivity index (χ0v) is 26.5. The summed E-state index contributed by atoms with van der Waals surface area (Å²) in [6, 6.07) is 18.1. The van der Waals surface area contributed by atoms with Gasteiger partial charge in [-0.15, -0.1) is 0 Å². The quantitative estimate of drug-likeness (QED) is 0.0399. The van der Waals surface area contributed by atoms with Crippen molar-refractivity contribution in [1.29, 1.82) is 0 Å². The average Bonchev–Trinajstić information content (AvgIpc) is 3.08. The van der Waals surface area contributed by atoms with E-state index < -0.39 is 29.8 Å². The molecule has 3 rings (SSSR count). The first-order chi connectivity index (χ1) is 23.1. The van der Waals surface area contributed by atoms with Gasteiger partial charge in [0.25, 0.3) is 0 Å². The van der Waals surface area contributed by atoms with E-state index in [-0.39, 0.29) is 54.7 Å². The average molecular weight is 661 g/mol. The molecule has 0 radical (unpaired) electrons. The zero-order chi connectivity index (χ0) is 34.7. The number of benzene rings is 3. The Morgan fingerprint density at radius 2 is 0.958 bits per heavy atom. The van der Waals surface area contributed by atoms with Gasteiger partial charge in [0.1, 0.15) is 29.5 Å². The van der Waals surface area contributed by atoms with Crippen LogP contribution in [0.1, 0.15) is 70.1 Å². The third kappa shape index (κ3) is 13.3. The van der Waals surface area contributed by atoms with Crippen LogP contribution in [0.15, 0.2) is 85.5 Å². The van der Waals surface area contributed by atoms with Crippen LogP contribution in [0.4, 0.5) is 0 Å². The molecule has 0 atom stereocenters. The predicted molar refractivity (Wildman–Crippen MR) is 171 cm³/mol. The Labute approximate surface area is 277 Å². The van der Waals surface area contributed by atoms with Crippen LogP contribution in [-0.4, -0.2) is 62.1 Å². The summed E-state index contributed by atoms with van der Waals surface area (Å²) in [7, 11) is 0. The second kappa shape index (κ2) is 19.7. The summed E-state index contributed by atoms with van der Waals surface area (Å²) in [4.78, 5) is 70.6. The summed E-state index contributed by atoms with van der Waals surface area (Å²) >= 11 is 0. The Morgan fingerprint density at radius 3 is 1.44 bits per heavy atom. The van der Waals surface area contributed by atoms with Crippen molar-refractivity contribution in [1.82, 2.24) is 0 Å². The standard InChI is InChI=1S/C36H36O12/c1-3-32(38)44-21-5-4-20-43-29-14-8-27(9-15-29)35(41)48-31-18-12-28(13-19-31)36(42)47-30-16-10-26(11-17-30)34(40)46-23-7-6-22-45-33(39)24-25(2)37/h3,8-19H,1,4-7,20-24H2,2H3. The van der Waals surface area contributed by atoms with Gasteiger partial charge >= 0.3 is 29.8 Å². The highest BCUT2D eigenvalue weighted by molar-refractivity contribution is 5.94. The van der Waals surface area contributed by atoms with E-state index in [0.29, 0.717) is 43.6 Å². The molecule has 0 bridgehead atoms. The zero-order valence-electron chi connectivity index (χ0n) is 26.5. The van der Waals surface area contributed by atoms with Gasteiger partial charge in [0, 0.05) is 6.08 Å². The molecule has 0 unspecified atom stereocenters. The van der Waals surface area contributed by atoms with E-state index in [0.717, 1.165) is 6.08 Å². The Balaban J connectivity index is 1.37. The monoisotopic (exact) mass is 660 g/mol. The largest absolute Gasteiger partial charge is 0.494 e. The minimum atomic E-state index is -0.652. The van der Waals surface area contributed by atoms with Crippen molar-refractivity contribution in [3.8, 4) is 17.2 Å². The third-order valence-electron chi connectivity index (χ3n) is 6.34. The number of rotatable bonds is 19. The number of hydrogen-bond donors (Lipinski definition) is 0. The lowest BCUT2D eigenvalue weighted by Crippen LogP contribution is -2.11. The van der Waals surface area contributed by atoms with Crippen molar-refractivity contribution >= 4 is 35.6 Å². The van der Waals surface area contributed by atoms with Crippen LogP contribution in [0.3, 0.4) is 0 Å². The number of hydrogen-bond acceptors (Lipinski definition) is 12. The van der Waals surface area contributed by atoms with E-state index >= 15 is 0 Å². The maximum Gasteiger partial charge on any atom is 0.343 e. The summed E-state index contributed by atoms with van der Waals surface area (Å²) in [5, 5.41) is 0. The van der Waals surface area contributed by atoms with Gasteiger partial charge < -0.3 is 28.4 Å². The van der Waals surface area contributed by atoms with Crippen LogP contribution < -0.4 is 14.2 Å². The molecule has 0 aliphatic rings. The highest BCUT2D eigenvalue weighted by atomic mass is 16.6. The van der Waals surface area contributed by atoms with Gasteiger partial charge in [0.05, 0.1) is 43.1 Å². The normalized spacial score (nSPS) is 10.3. The first-order valence-corrected chi connectivity index (χ1v) is 15.1. The minimum absolute atomic E-state index is 0.118. The maximum atomic E-state index is 12.6. The molecule has 48 heavy (non-hydrogen) atoms. The van der Waals surface area contributed by atoms with Crippen LogP contribution in [-0.2, 0) is 28.6 Å². The Kier molecular flexibility index (Phi) is 15.0. The predicted octanol–water partition coefficient (Wildman–Crippen LogP) is 5.47. The molecule has 3 aromatic carbocycles. The van der Waals surface area contributed by atoms with E-state index in [9.17, 15) is 28.8 Å². The van der Waals surface area contributed by atoms with Crippen molar-refractivity contribution in [2.75, 3.05) is 26.4 Å². The summed E-state index contributed by atoms with van der Waals surface area (Å²) in [6.07, 6.45) is 3.11. The summed E-state index contributed by atoms with van der Waals surface area (Å²) in [6.45, 7) is 5.59. The Bertz CT molecular complexity index is 1560. The maximum absolute atomic E-state index is 12.6. The molecule has 0 saturated carbocycles. The van der Waals surface area contributed by atoms with Gasteiger partial charge in [-0.1, -0.05) is 6.58 Å². The number of ketones is 1. The molecule has 0 aromatic heterocycles. The molecule has 0 amide bonds. The third-order valence-corrected chi connectivity index (χ3v) is 6.34. The molecule has 3 aromatic rings.